The summed E-state index contributed by atoms with van der Waals surface area (Å²) in [7, 11) is 0. The molecule has 0 bridgehead atoms. The van der Waals surface area contributed by atoms with E-state index in [2.05, 4.69) is 17.1 Å². The first kappa shape index (κ1) is 10.4. The lowest BCUT2D eigenvalue weighted by molar-refractivity contribution is -0.116. The molecule has 0 spiro atoms. The van der Waals surface area contributed by atoms with E-state index >= 15 is 0 Å². The second-order valence-electron chi connectivity index (χ2n) is 3.37. The second kappa shape index (κ2) is 4.61. The molecule has 0 aliphatic rings. The highest BCUT2D eigenvalue weighted by Crippen LogP contribution is 2.17. The monoisotopic (exact) mass is 216 g/mol. The molecule has 1 amide bonds. The van der Waals surface area contributed by atoms with E-state index in [1.165, 1.54) is 6.08 Å². The van der Waals surface area contributed by atoms with Gasteiger partial charge in [0.05, 0.1) is 5.69 Å². The van der Waals surface area contributed by atoms with Gasteiger partial charge in [-0.05, 0) is 18.2 Å². The maximum absolute atomic E-state index is 10.9. The predicted octanol–water partition coefficient (Wildman–Crippen LogP) is 1.67. The number of amides is 1. The molecule has 82 valence electrons. The van der Waals surface area contributed by atoms with Crippen LogP contribution in [0.4, 0.5) is 0 Å². The van der Waals surface area contributed by atoms with E-state index in [4.69, 9.17) is 4.52 Å². The molecule has 0 radical (unpaired) electrons. The molecule has 0 atom stereocenters. The van der Waals surface area contributed by atoms with Gasteiger partial charge in [-0.25, -0.2) is 0 Å². The number of para-hydroxylation sites is 1. The third-order valence-electron chi connectivity index (χ3n) is 2.30. The third-order valence-corrected chi connectivity index (χ3v) is 2.30. The predicted molar refractivity (Wildman–Crippen MR) is 60.9 cm³/mol. The maximum Gasteiger partial charge on any atom is 0.243 e. The van der Waals surface area contributed by atoms with Crippen LogP contribution >= 0.6 is 0 Å². The van der Waals surface area contributed by atoms with Crippen LogP contribution in [-0.2, 0) is 11.2 Å². The molecule has 1 aromatic heterocycles. The zero-order valence-corrected chi connectivity index (χ0v) is 8.77. The molecule has 2 rings (SSSR count). The number of fused-ring (bicyclic) bond motifs is 1. The molecule has 1 N–H and O–H groups in total. The Labute approximate surface area is 92.9 Å². The average molecular weight is 216 g/mol. The van der Waals surface area contributed by atoms with E-state index in [9.17, 15) is 4.79 Å². The van der Waals surface area contributed by atoms with Gasteiger partial charge < -0.3 is 9.84 Å². The number of carbonyl (C=O) groups excluding carboxylic acids is 1. The standard InChI is InChI=1S/C12H12N2O2/c1-2-12(15)13-8-7-10-9-5-3-4-6-11(9)16-14-10/h2-6H,1,7-8H2,(H,13,15). The van der Waals surface area contributed by atoms with E-state index in [0.717, 1.165) is 16.7 Å². The highest BCUT2D eigenvalue weighted by Gasteiger charge is 2.06. The number of hydrogen-bond donors (Lipinski definition) is 1. The van der Waals surface area contributed by atoms with E-state index in [0.29, 0.717) is 13.0 Å². The van der Waals surface area contributed by atoms with E-state index in [1.54, 1.807) is 0 Å². The molecular formula is C12H12N2O2. The molecule has 4 nitrogen and oxygen atoms in total. The lowest BCUT2D eigenvalue weighted by atomic mass is 10.2. The smallest absolute Gasteiger partial charge is 0.243 e. The zero-order chi connectivity index (χ0) is 11.4. The van der Waals surface area contributed by atoms with Gasteiger partial charge in [-0.1, -0.05) is 23.9 Å². The number of carbonyl (C=O) groups is 1. The van der Waals surface area contributed by atoms with E-state index < -0.39 is 0 Å². The van der Waals surface area contributed by atoms with Gasteiger partial charge in [0.1, 0.15) is 0 Å². The SMILES string of the molecule is C=CC(=O)NCCc1noc2ccccc12. The normalized spacial score (nSPS) is 10.2. The third kappa shape index (κ3) is 2.11. The zero-order valence-electron chi connectivity index (χ0n) is 8.77. The van der Waals surface area contributed by atoms with Gasteiger partial charge in [-0.2, -0.15) is 0 Å². The summed E-state index contributed by atoms with van der Waals surface area (Å²) in [4.78, 5) is 10.9. The van der Waals surface area contributed by atoms with Gasteiger partial charge in [0.15, 0.2) is 5.58 Å². The van der Waals surface area contributed by atoms with Crippen molar-refractivity contribution in [3.05, 3.63) is 42.6 Å². The van der Waals surface area contributed by atoms with Crippen LogP contribution in [0.15, 0.2) is 41.4 Å². The Morgan fingerprint density at radius 2 is 2.31 bits per heavy atom. The summed E-state index contributed by atoms with van der Waals surface area (Å²) < 4.78 is 5.15. The fourth-order valence-corrected chi connectivity index (χ4v) is 1.49. The number of aromatic nitrogens is 1. The molecule has 4 heteroatoms. The molecule has 0 fully saturated rings. The summed E-state index contributed by atoms with van der Waals surface area (Å²) in [6.07, 6.45) is 1.90. The molecule has 0 saturated carbocycles. The fraction of sp³-hybridized carbons (Fsp3) is 0.167. The van der Waals surface area contributed by atoms with Crippen molar-refractivity contribution < 1.29 is 9.32 Å². The van der Waals surface area contributed by atoms with Crippen molar-refractivity contribution in [3.63, 3.8) is 0 Å². The summed E-state index contributed by atoms with van der Waals surface area (Å²) in [6.45, 7) is 3.91. The summed E-state index contributed by atoms with van der Waals surface area (Å²) >= 11 is 0. The van der Waals surface area contributed by atoms with Crippen LogP contribution in [0.2, 0.25) is 0 Å². The Kier molecular flexibility index (Phi) is 3.00. The van der Waals surface area contributed by atoms with Crippen LogP contribution in [0.1, 0.15) is 5.69 Å². The molecular weight excluding hydrogens is 204 g/mol. The minimum Gasteiger partial charge on any atom is -0.356 e. The van der Waals surface area contributed by atoms with Gasteiger partial charge in [-0.3, -0.25) is 4.79 Å². The number of nitrogens with zero attached hydrogens (tertiary/aromatic N) is 1. The molecule has 2 aromatic rings. The van der Waals surface area contributed by atoms with Crippen molar-refractivity contribution in [2.24, 2.45) is 0 Å². The van der Waals surface area contributed by atoms with Crippen molar-refractivity contribution in [2.75, 3.05) is 6.54 Å². The average Bonchev–Trinajstić information content (AvgIpc) is 2.73. The molecule has 0 aliphatic heterocycles. The van der Waals surface area contributed by atoms with Gasteiger partial charge in [0.25, 0.3) is 0 Å². The Hall–Kier alpha value is -2.10. The minimum atomic E-state index is -0.173. The van der Waals surface area contributed by atoms with E-state index in [-0.39, 0.29) is 5.91 Å². The fourth-order valence-electron chi connectivity index (χ4n) is 1.49. The lowest BCUT2D eigenvalue weighted by Crippen LogP contribution is -2.23. The molecule has 0 unspecified atom stereocenters. The van der Waals surface area contributed by atoms with Crippen LogP contribution in [0.25, 0.3) is 11.0 Å². The van der Waals surface area contributed by atoms with Crippen molar-refractivity contribution in [2.45, 2.75) is 6.42 Å². The summed E-state index contributed by atoms with van der Waals surface area (Å²) in [5, 5.41) is 7.66. The first-order valence-corrected chi connectivity index (χ1v) is 5.05. The number of benzene rings is 1. The van der Waals surface area contributed by atoms with Gasteiger partial charge in [-0.15, -0.1) is 0 Å². The Morgan fingerprint density at radius 3 is 3.12 bits per heavy atom. The maximum atomic E-state index is 10.9. The van der Waals surface area contributed by atoms with Gasteiger partial charge in [0.2, 0.25) is 5.91 Å². The number of nitrogens with one attached hydrogen (secondary N) is 1. The molecule has 0 aliphatic carbocycles. The Balaban J connectivity index is 2.04. The van der Waals surface area contributed by atoms with Crippen molar-refractivity contribution in [1.29, 1.82) is 0 Å². The van der Waals surface area contributed by atoms with Gasteiger partial charge >= 0.3 is 0 Å². The van der Waals surface area contributed by atoms with Crippen molar-refractivity contribution in [3.8, 4) is 0 Å². The Bertz CT molecular complexity index is 516. The minimum absolute atomic E-state index is 0.173. The van der Waals surface area contributed by atoms with Crippen LogP contribution < -0.4 is 5.32 Å². The first-order chi connectivity index (χ1) is 7.81. The van der Waals surface area contributed by atoms with Crippen LogP contribution in [-0.4, -0.2) is 17.6 Å². The number of rotatable bonds is 4. The molecule has 1 aromatic carbocycles. The highest BCUT2D eigenvalue weighted by atomic mass is 16.5. The number of hydrogen-bond acceptors (Lipinski definition) is 3. The molecule has 0 saturated heterocycles. The first-order valence-electron chi connectivity index (χ1n) is 5.05. The molecule has 1 heterocycles. The Morgan fingerprint density at radius 1 is 1.50 bits per heavy atom. The topological polar surface area (TPSA) is 55.1 Å². The van der Waals surface area contributed by atoms with Crippen LogP contribution in [0.5, 0.6) is 0 Å². The second-order valence-corrected chi connectivity index (χ2v) is 3.37. The van der Waals surface area contributed by atoms with E-state index in [1.807, 2.05) is 24.3 Å². The highest BCUT2D eigenvalue weighted by molar-refractivity contribution is 5.86. The molecule has 16 heavy (non-hydrogen) atoms. The van der Waals surface area contributed by atoms with Crippen LogP contribution in [0.3, 0.4) is 0 Å². The van der Waals surface area contributed by atoms with Crippen LogP contribution in [0, 0.1) is 0 Å². The van der Waals surface area contributed by atoms with Crippen molar-refractivity contribution in [1.82, 2.24) is 10.5 Å². The quantitative estimate of drug-likeness (QED) is 0.791. The summed E-state index contributed by atoms with van der Waals surface area (Å²) in [5.74, 6) is -0.173. The largest absolute Gasteiger partial charge is 0.356 e. The summed E-state index contributed by atoms with van der Waals surface area (Å²) in [6, 6.07) is 7.66. The van der Waals surface area contributed by atoms with Crippen molar-refractivity contribution >= 4 is 16.9 Å². The summed E-state index contributed by atoms with van der Waals surface area (Å²) in [5.41, 5.74) is 1.63. The van der Waals surface area contributed by atoms with Gasteiger partial charge in [0, 0.05) is 18.4 Å². The lowest BCUT2D eigenvalue weighted by Gasteiger charge is -1.98.